The predicted molar refractivity (Wildman–Crippen MR) is 93.7 cm³/mol. The predicted octanol–water partition coefficient (Wildman–Crippen LogP) is 3.89. The molecule has 0 aliphatic carbocycles. The molecule has 0 radical (unpaired) electrons. The minimum absolute atomic E-state index is 0.0627. The first-order chi connectivity index (χ1) is 11.5. The van der Waals surface area contributed by atoms with Crippen LogP contribution in [0.25, 0.3) is 0 Å². The van der Waals surface area contributed by atoms with Crippen LogP contribution in [0.1, 0.15) is 41.4 Å². The third kappa shape index (κ3) is 3.53. The van der Waals surface area contributed by atoms with Crippen LogP contribution >= 0.6 is 0 Å². The van der Waals surface area contributed by atoms with Gasteiger partial charge in [-0.15, -0.1) is 0 Å². The summed E-state index contributed by atoms with van der Waals surface area (Å²) in [5.41, 5.74) is 2.77. The first-order valence-electron chi connectivity index (χ1n) is 8.31. The summed E-state index contributed by atoms with van der Waals surface area (Å²) in [5, 5.41) is 3.15. The Kier molecular flexibility index (Phi) is 4.74. The number of benzene rings is 2. The van der Waals surface area contributed by atoms with E-state index in [-0.39, 0.29) is 17.9 Å². The molecule has 1 heterocycles. The lowest BCUT2D eigenvalue weighted by Crippen LogP contribution is -2.32. The van der Waals surface area contributed by atoms with E-state index in [0.29, 0.717) is 18.8 Å². The van der Waals surface area contributed by atoms with Gasteiger partial charge in [-0.3, -0.25) is 4.79 Å². The summed E-state index contributed by atoms with van der Waals surface area (Å²) in [6, 6.07) is 13.4. The summed E-state index contributed by atoms with van der Waals surface area (Å²) in [4.78, 5) is 12.6. The molecule has 1 N–H and O–H groups in total. The number of ether oxygens (including phenoxy) is 2. The number of carbonyl (C=O) groups excluding carboxylic acids is 1. The maximum atomic E-state index is 12.6. The Labute approximate surface area is 142 Å². The zero-order valence-corrected chi connectivity index (χ0v) is 14.3. The third-order valence-corrected chi connectivity index (χ3v) is 4.16. The molecule has 0 fully saturated rings. The van der Waals surface area contributed by atoms with Crippen LogP contribution in [0.15, 0.2) is 42.5 Å². The Morgan fingerprint density at radius 2 is 1.79 bits per heavy atom. The molecule has 1 amide bonds. The van der Waals surface area contributed by atoms with E-state index >= 15 is 0 Å². The highest BCUT2D eigenvalue weighted by atomic mass is 16.6. The van der Waals surface area contributed by atoms with Gasteiger partial charge in [0.1, 0.15) is 13.2 Å². The number of hydrogen-bond acceptors (Lipinski definition) is 3. The monoisotopic (exact) mass is 325 g/mol. The van der Waals surface area contributed by atoms with E-state index in [1.54, 1.807) is 0 Å². The fraction of sp³-hybridized carbons (Fsp3) is 0.350. The molecular formula is C20H23NO3. The highest BCUT2D eigenvalue weighted by Crippen LogP contribution is 2.34. The molecule has 1 atom stereocenters. The summed E-state index contributed by atoms with van der Waals surface area (Å²) in [6.07, 6.45) is 0. The number of nitrogens with one attached hydrogen (secondary N) is 1. The van der Waals surface area contributed by atoms with Crippen LogP contribution in [-0.4, -0.2) is 19.1 Å². The van der Waals surface area contributed by atoms with E-state index < -0.39 is 0 Å². The molecule has 126 valence electrons. The van der Waals surface area contributed by atoms with Gasteiger partial charge in [-0.2, -0.15) is 0 Å². The number of hydrogen-bond donors (Lipinski definition) is 1. The van der Waals surface area contributed by atoms with E-state index in [2.05, 4.69) is 19.2 Å². The first kappa shape index (κ1) is 16.4. The minimum atomic E-state index is -0.0890. The summed E-state index contributed by atoms with van der Waals surface area (Å²) in [7, 11) is 0. The van der Waals surface area contributed by atoms with Gasteiger partial charge in [0, 0.05) is 5.56 Å². The van der Waals surface area contributed by atoms with Gasteiger partial charge in [-0.25, -0.2) is 0 Å². The summed E-state index contributed by atoms with van der Waals surface area (Å²) in [6.45, 7) is 7.30. The second-order valence-electron chi connectivity index (χ2n) is 6.47. The van der Waals surface area contributed by atoms with E-state index in [4.69, 9.17) is 9.47 Å². The van der Waals surface area contributed by atoms with Crippen molar-refractivity contribution in [3.05, 3.63) is 59.2 Å². The van der Waals surface area contributed by atoms with E-state index in [1.165, 1.54) is 0 Å². The fourth-order valence-corrected chi connectivity index (χ4v) is 2.90. The second kappa shape index (κ2) is 6.95. The van der Waals surface area contributed by atoms with Crippen molar-refractivity contribution >= 4 is 5.91 Å². The Hall–Kier alpha value is -2.49. The molecule has 2 aromatic carbocycles. The summed E-state index contributed by atoms with van der Waals surface area (Å²) < 4.78 is 11.2. The van der Waals surface area contributed by atoms with Gasteiger partial charge < -0.3 is 14.8 Å². The number of fused-ring (bicyclic) bond motifs is 1. The maximum absolute atomic E-state index is 12.6. The van der Waals surface area contributed by atoms with Crippen molar-refractivity contribution in [3.8, 4) is 11.5 Å². The molecule has 4 heteroatoms. The van der Waals surface area contributed by atoms with Crippen LogP contribution in [0.4, 0.5) is 0 Å². The molecule has 2 aromatic rings. The van der Waals surface area contributed by atoms with Gasteiger partial charge in [0.15, 0.2) is 11.5 Å². The van der Waals surface area contributed by atoms with Crippen molar-refractivity contribution < 1.29 is 14.3 Å². The molecule has 4 nitrogen and oxygen atoms in total. The van der Waals surface area contributed by atoms with Crippen molar-refractivity contribution in [1.29, 1.82) is 0 Å². The molecule has 0 bridgehead atoms. The standard InChI is InChI=1S/C20H23NO3/c1-13(2)19(21-20(22)16-6-4-5-14(3)11-16)15-7-8-17-18(12-15)24-10-9-23-17/h4-8,11-13,19H,9-10H2,1-3H3,(H,21,22)/t19-/m0/s1. The summed E-state index contributed by atoms with van der Waals surface area (Å²) >= 11 is 0. The topological polar surface area (TPSA) is 47.6 Å². The number of aryl methyl sites for hydroxylation is 1. The molecule has 3 rings (SSSR count). The van der Waals surface area contributed by atoms with Gasteiger partial charge in [-0.05, 0) is 42.7 Å². The normalized spacial score (nSPS) is 14.3. The SMILES string of the molecule is Cc1cccc(C(=O)N[C@H](c2ccc3c(c2)OCCO3)C(C)C)c1. The molecular weight excluding hydrogens is 302 g/mol. The summed E-state index contributed by atoms with van der Waals surface area (Å²) in [5.74, 6) is 1.69. The van der Waals surface area contributed by atoms with Crippen LogP contribution in [0.2, 0.25) is 0 Å². The lowest BCUT2D eigenvalue weighted by molar-refractivity contribution is 0.0925. The van der Waals surface area contributed by atoms with Gasteiger partial charge in [0.05, 0.1) is 6.04 Å². The van der Waals surface area contributed by atoms with E-state index in [9.17, 15) is 4.79 Å². The molecule has 0 saturated carbocycles. The van der Waals surface area contributed by atoms with Crippen LogP contribution in [0.5, 0.6) is 11.5 Å². The number of rotatable bonds is 4. The smallest absolute Gasteiger partial charge is 0.251 e. The highest BCUT2D eigenvalue weighted by Gasteiger charge is 2.22. The molecule has 0 aromatic heterocycles. The van der Waals surface area contributed by atoms with Gasteiger partial charge in [-0.1, -0.05) is 37.6 Å². The first-order valence-corrected chi connectivity index (χ1v) is 8.31. The van der Waals surface area contributed by atoms with Gasteiger partial charge in [0.2, 0.25) is 0 Å². The third-order valence-electron chi connectivity index (χ3n) is 4.16. The molecule has 0 spiro atoms. The van der Waals surface area contributed by atoms with Gasteiger partial charge >= 0.3 is 0 Å². The molecule has 0 unspecified atom stereocenters. The van der Waals surface area contributed by atoms with Crippen molar-refractivity contribution in [1.82, 2.24) is 5.32 Å². The van der Waals surface area contributed by atoms with Crippen molar-refractivity contribution in [3.63, 3.8) is 0 Å². The molecule has 0 saturated heterocycles. The Morgan fingerprint density at radius 1 is 1.04 bits per heavy atom. The lowest BCUT2D eigenvalue weighted by atomic mass is 9.95. The van der Waals surface area contributed by atoms with E-state index in [0.717, 1.165) is 22.6 Å². The average Bonchev–Trinajstić information content (AvgIpc) is 2.58. The van der Waals surface area contributed by atoms with Crippen LogP contribution < -0.4 is 14.8 Å². The Bertz CT molecular complexity index is 739. The molecule has 1 aliphatic heterocycles. The molecule has 24 heavy (non-hydrogen) atoms. The number of carbonyl (C=O) groups is 1. The van der Waals surface area contributed by atoms with Gasteiger partial charge in [0.25, 0.3) is 5.91 Å². The van der Waals surface area contributed by atoms with Crippen molar-refractivity contribution in [2.75, 3.05) is 13.2 Å². The fourth-order valence-electron chi connectivity index (χ4n) is 2.90. The van der Waals surface area contributed by atoms with E-state index in [1.807, 2.05) is 49.4 Å². The zero-order chi connectivity index (χ0) is 17.1. The van der Waals surface area contributed by atoms with Crippen LogP contribution in [-0.2, 0) is 0 Å². The second-order valence-corrected chi connectivity index (χ2v) is 6.47. The quantitative estimate of drug-likeness (QED) is 0.927. The van der Waals surface area contributed by atoms with Crippen molar-refractivity contribution in [2.24, 2.45) is 5.92 Å². The van der Waals surface area contributed by atoms with Crippen molar-refractivity contribution in [2.45, 2.75) is 26.8 Å². The largest absolute Gasteiger partial charge is 0.486 e. The Balaban J connectivity index is 1.83. The maximum Gasteiger partial charge on any atom is 0.251 e. The zero-order valence-electron chi connectivity index (χ0n) is 14.3. The van der Waals surface area contributed by atoms with Crippen LogP contribution in [0.3, 0.4) is 0 Å². The number of amides is 1. The molecule has 1 aliphatic rings. The average molecular weight is 325 g/mol. The lowest BCUT2D eigenvalue weighted by Gasteiger charge is -2.25. The van der Waals surface area contributed by atoms with Crippen LogP contribution in [0, 0.1) is 12.8 Å². The minimum Gasteiger partial charge on any atom is -0.486 e. The highest BCUT2D eigenvalue weighted by molar-refractivity contribution is 5.94. The Morgan fingerprint density at radius 3 is 2.50 bits per heavy atom.